The van der Waals surface area contributed by atoms with Gasteiger partial charge in [0.25, 0.3) is 0 Å². The zero-order valence-electron chi connectivity index (χ0n) is 24.3. The normalized spacial score (nSPS) is 17.6. The van der Waals surface area contributed by atoms with Gasteiger partial charge in [0.1, 0.15) is 0 Å². The van der Waals surface area contributed by atoms with Gasteiger partial charge in [-0.25, -0.2) is 0 Å². The Morgan fingerprint density at radius 3 is 2.05 bits per heavy atom. The third-order valence-electron chi connectivity index (χ3n) is 8.18. The summed E-state index contributed by atoms with van der Waals surface area (Å²) in [6, 6.07) is 35.8. The van der Waals surface area contributed by atoms with Crippen LogP contribution < -0.4 is 5.73 Å². The van der Waals surface area contributed by atoms with Crippen LogP contribution in [0.2, 0.25) is 5.02 Å². The average Bonchev–Trinajstić information content (AvgIpc) is 3.04. The number of carbonyl (C=O) groups excluding carboxylic acids is 2. The molecule has 1 amide bonds. The predicted molar refractivity (Wildman–Crippen MR) is 169 cm³/mol. The van der Waals surface area contributed by atoms with Gasteiger partial charge in [-0.1, -0.05) is 121 Å². The molecule has 0 saturated carbocycles. The Kier molecular flexibility index (Phi) is 9.93. The van der Waals surface area contributed by atoms with Gasteiger partial charge in [0.2, 0.25) is 5.91 Å². The monoisotopic (exact) mass is 596 g/mol. The molecule has 1 fully saturated rings. The van der Waals surface area contributed by atoms with Gasteiger partial charge in [-0.2, -0.15) is 0 Å². The first kappa shape index (κ1) is 30.5. The van der Waals surface area contributed by atoms with Gasteiger partial charge in [0.15, 0.2) is 5.60 Å². The first-order chi connectivity index (χ1) is 20.9. The zero-order chi connectivity index (χ0) is 30.2. The zero-order valence-corrected chi connectivity index (χ0v) is 25.0. The highest BCUT2D eigenvalue weighted by Gasteiger charge is 2.43. The van der Waals surface area contributed by atoms with Crippen molar-refractivity contribution >= 4 is 23.5 Å². The van der Waals surface area contributed by atoms with Crippen molar-refractivity contribution in [1.29, 1.82) is 0 Å². The van der Waals surface area contributed by atoms with E-state index < -0.39 is 17.5 Å². The van der Waals surface area contributed by atoms with Crippen molar-refractivity contribution in [2.75, 3.05) is 20.3 Å². The van der Waals surface area contributed by atoms with Crippen molar-refractivity contribution in [3.8, 4) is 0 Å². The molecule has 5 rings (SSSR count). The second-order valence-electron chi connectivity index (χ2n) is 11.0. The third kappa shape index (κ3) is 6.83. The molecule has 2 N–H and O–H groups in total. The number of rotatable bonds is 10. The first-order valence-corrected chi connectivity index (χ1v) is 15.0. The fourth-order valence-corrected chi connectivity index (χ4v) is 6.25. The van der Waals surface area contributed by atoms with Crippen molar-refractivity contribution in [2.24, 2.45) is 11.7 Å². The summed E-state index contributed by atoms with van der Waals surface area (Å²) in [5.74, 6) is -1.32. The number of amides is 1. The SMILES string of the molecule is CN(C(=O)[C@@H](CC(=O)OC(c1ccccc1)(c1ccccc1)c1ccccc1Cl)Cc1ccccc1)[C@@H]1CCOC[C@H]1N. The third-order valence-corrected chi connectivity index (χ3v) is 8.51. The molecule has 0 bridgehead atoms. The van der Waals surface area contributed by atoms with Crippen LogP contribution in [0, 0.1) is 5.92 Å². The van der Waals surface area contributed by atoms with Gasteiger partial charge in [-0.15, -0.1) is 0 Å². The van der Waals surface area contributed by atoms with E-state index in [4.69, 9.17) is 26.8 Å². The van der Waals surface area contributed by atoms with E-state index in [-0.39, 0.29) is 24.4 Å². The van der Waals surface area contributed by atoms with Crippen molar-refractivity contribution in [1.82, 2.24) is 4.90 Å². The summed E-state index contributed by atoms with van der Waals surface area (Å²) < 4.78 is 12.1. The number of nitrogens with two attached hydrogens (primary N) is 1. The minimum Gasteiger partial charge on any atom is -0.444 e. The molecule has 1 saturated heterocycles. The van der Waals surface area contributed by atoms with Gasteiger partial charge >= 0.3 is 5.97 Å². The molecular weight excluding hydrogens is 560 g/mol. The average molecular weight is 597 g/mol. The predicted octanol–water partition coefficient (Wildman–Crippen LogP) is 6.00. The lowest BCUT2D eigenvalue weighted by Gasteiger charge is -2.38. The number of esters is 1. The minimum absolute atomic E-state index is 0.123. The summed E-state index contributed by atoms with van der Waals surface area (Å²) >= 11 is 6.82. The summed E-state index contributed by atoms with van der Waals surface area (Å²) in [7, 11) is 1.77. The van der Waals surface area contributed by atoms with E-state index in [1.807, 2.05) is 109 Å². The van der Waals surface area contributed by atoms with E-state index >= 15 is 0 Å². The van der Waals surface area contributed by atoms with Gasteiger partial charge in [0, 0.05) is 41.4 Å². The molecule has 1 aliphatic heterocycles. The number of hydrogen-bond donors (Lipinski definition) is 1. The summed E-state index contributed by atoms with van der Waals surface area (Å²) in [5, 5.41) is 0.466. The van der Waals surface area contributed by atoms with E-state index in [1.54, 1.807) is 18.0 Å². The molecule has 0 unspecified atom stereocenters. The van der Waals surface area contributed by atoms with Crippen LogP contribution in [0.4, 0.5) is 0 Å². The van der Waals surface area contributed by atoms with Crippen LogP contribution in [0.1, 0.15) is 35.1 Å². The molecule has 1 heterocycles. The molecule has 0 radical (unpaired) electrons. The molecule has 43 heavy (non-hydrogen) atoms. The van der Waals surface area contributed by atoms with Crippen molar-refractivity contribution in [3.05, 3.63) is 143 Å². The molecule has 4 aromatic carbocycles. The minimum atomic E-state index is -1.34. The second kappa shape index (κ2) is 14.0. The Labute approximate surface area is 258 Å². The number of likely N-dealkylation sites (N-methyl/N-ethyl adjacent to an activating group) is 1. The Hall–Kier alpha value is -3.97. The summed E-state index contributed by atoms with van der Waals surface area (Å²) in [6.07, 6.45) is 0.902. The highest BCUT2D eigenvalue weighted by atomic mass is 35.5. The number of benzene rings is 4. The van der Waals surface area contributed by atoms with Crippen LogP contribution in [-0.4, -0.2) is 49.1 Å². The van der Waals surface area contributed by atoms with Gasteiger partial charge in [0.05, 0.1) is 25.0 Å². The number of carbonyl (C=O) groups is 2. The fraction of sp³-hybridized carbons (Fsp3) is 0.278. The van der Waals surface area contributed by atoms with Crippen molar-refractivity contribution in [2.45, 2.75) is 36.9 Å². The van der Waals surface area contributed by atoms with Crippen LogP contribution in [0.25, 0.3) is 0 Å². The van der Waals surface area contributed by atoms with Crippen molar-refractivity contribution < 1.29 is 19.1 Å². The fourth-order valence-electron chi connectivity index (χ4n) is 5.98. The smallest absolute Gasteiger partial charge is 0.308 e. The van der Waals surface area contributed by atoms with Crippen LogP contribution >= 0.6 is 11.6 Å². The number of ether oxygens (including phenoxy) is 2. The standard InChI is InChI=1S/C36H37ClN2O4/c1-39(33-21-22-42-25-32(33)38)35(41)27(23-26-13-5-2-6-14-26)24-34(40)43-36(28-15-7-3-8-16-28,29-17-9-4-10-18-29)30-19-11-12-20-31(30)37/h2-20,27,32-33H,21-25,38H2,1H3/t27-,32-,33-/m1/s1. The van der Waals surface area contributed by atoms with E-state index in [0.29, 0.717) is 36.6 Å². The van der Waals surface area contributed by atoms with E-state index in [2.05, 4.69) is 0 Å². The van der Waals surface area contributed by atoms with Gasteiger partial charge in [-0.3, -0.25) is 9.59 Å². The van der Waals surface area contributed by atoms with E-state index in [9.17, 15) is 9.59 Å². The maximum Gasteiger partial charge on any atom is 0.308 e. The molecule has 6 nitrogen and oxygen atoms in total. The van der Waals surface area contributed by atoms with Crippen LogP contribution in [0.5, 0.6) is 0 Å². The molecule has 222 valence electrons. The summed E-state index contributed by atoms with van der Waals surface area (Å²) in [5.41, 5.74) is 8.09. The molecule has 0 spiro atoms. The van der Waals surface area contributed by atoms with Crippen LogP contribution in [-0.2, 0) is 31.1 Å². The second-order valence-corrected chi connectivity index (χ2v) is 11.4. The molecular formula is C36H37ClN2O4. The molecule has 0 aliphatic carbocycles. The lowest BCUT2D eigenvalue weighted by Crippen LogP contribution is -2.55. The number of hydrogen-bond acceptors (Lipinski definition) is 5. The van der Waals surface area contributed by atoms with Gasteiger partial charge < -0.3 is 20.1 Å². The Balaban J connectivity index is 1.53. The first-order valence-electron chi connectivity index (χ1n) is 14.6. The highest BCUT2D eigenvalue weighted by Crippen LogP contribution is 2.44. The van der Waals surface area contributed by atoms with Gasteiger partial charge in [-0.05, 0) is 24.5 Å². The lowest BCUT2D eigenvalue weighted by molar-refractivity contribution is -0.157. The maximum absolute atomic E-state index is 14.2. The molecule has 7 heteroatoms. The Bertz CT molecular complexity index is 1460. The van der Waals surface area contributed by atoms with Crippen LogP contribution in [0.3, 0.4) is 0 Å². The Morgan fingerprint density at radius 1 is 0.907 bits per heavy atom. The topological polar surface area (TPSA) is 81.9 Å². The maximum atomic E-state index is 14.2. The summed E-state index contributed by atoms with van der Waals surface area (Å²) in [6.45, 7) is 0.929. The Morgan fingerprint density at radius 2 is 1.47 bits per heavy atom. The molecule has 3 atom stereocenters. The molecule has 1 aliphatic rings. The van der Waals surface area contributed by atoms with E-state index in [1.165, 1.54) is 0 Å². The largest absolute Gasteiger partial charge is 0.444 e. The number of halogens is 1. The summed E-state index contributed by atoms with van der Waals surface area (Å²) in [4.78, 5) is 29.9. The number of nitrogens with zero attached hydrogens (tertiary/aromatic N) is 1. The van der Waals surface area contributed by atoms with Crippen molar-refractivity contribution in [3.63, 3.8) is 0 Å². The quantitative estimate of drug-likeness (QED) is 0.179. The van der Waals surface area contributed by atoms with E-state index in [0.717, 1.165) is 16.7 Å². The molecule has 4 aromatic rings. The van der Waals surface area contributed by atoms with Crippen LogP contribution in [0.15, 0.2) is 115 Å². The molecule has 0 aromatic heterocycles. The lowest BCUT2D eigenvalue weighted by atomic mass is 9.80. The highest BCUT2D eigenvalue weighted by molar-refractivity contribution is 6.31.